The van der Waals surface area contributed by atoms with Crippen LogP contribution in [0.5, 0.6) is 0 Å². The van der Waals surface area contributed by atoms with E-state index in [2.05, 4.69) is 81.0 Å². The second-order valence-corrected chi connectivity index (χ2v) is 20.8. The van der Waals surface area contributed by atoms with Gasteiger partial charge in [-0.05, 0) is 116 Å². The highest BCUT2D eigenvalue weighted by atomic mass is 16.5. The third kappa shape index (κ3) is 6.27. The van der Waals surface area contributed by atoms with Gasteiger partial charge < -0.3 is 19.3 Å². The molecule has 0 aromatic heterocycles. The Kier molecular flexibility index (Phi) is 9.96. The molecule has 1 N–H and O–H groups in total. The minimum atomic E-state index is -0.527. The molecule has 0 aliphatic heterocycles. The molecule has 1 amide bonds. The van der Waals surface area contributed by atoms with Crippen molar-refractivity contribution in [1.29, 1.82) is 0 Å². The first-order valence-corrected chi connectivity index (χ1v) is 20.3. The highest BCUT2D eigenvalue weighted by Gasteiger charge is 2.69. The summed E-state index contributed by atoms with van der Waals surface area (Å²) in [6.07, 6.45) is 13.7. The molecular weight excluding hydrogens is 649 g/mol. The molecule has 4 saturated carbocycles. The minimum absolute atomic E-state index is 0.0422. The van der Waals surface area contributed by atoms with Crippen molar-refractivity contribution < 1.29 is 28.3 Å². The first kappa shape index (κ1) is 39.0. The summed E-state index contributed by atoms with van der Waals surface area (Å²) in [5.41, 5.74) is 2.05. The highest BCUT2D eigenvalue weighted by molar-refractivity contribution is 6.03. The maximum atomic E-state index is 14.4. The molecular formula is C45H69N2O5+. The lowest BCUT2D eigenvalue weighted by Crippen LogP contribution is -2.65. The number of allylic oxidation sites excluding steroid dienone is 2. The number of nitrogens with one attached hydrogen (secondary N) is 1. The fraction of sp³-hybridized carbons (Fsp3) is 0.756. The van der Waals surface area contributed by atoms with E-state index in [4.69, 9.17) is 9.47 Å². The predicted octanol–water partition coefficient (Wildman–Crippen LogP) is 9.01. The Morgan fingerprint density at radius 3 is 2.13 bits per heavy atom. The molecule has 52 heavy (non-hydrogen) atoms. The van der Waals surface area contributed by atoms with Crippen LogP contribution in [0, 0.1) is 50.2 Å². The monoisotopic (exact) mass is 718 g/mol. The molecule has 0 bridgehead atoms. The first-order valence-electron chi connectivity index (χ1n) is 20.3. The smallest absolute Gasteiger partial charge is 0.339 e. The van der Waals surface area contributed by atoms with E-state index in [1.54, 1.807) is 29.8 Å². The van der Waals surface area contributed by atoms with Gasteiger partial charge in [0, 0.05) is 18.4 Å². The van der Waals surface area contributed by atoms with E-state index >= 15 is 0 Å². The fourth-order valence-corrected chi connectivity index (χ4v) is 12.9. The zero-order chi connectivity index (χ0) is 38.1. The number of hydrogen-bond donors (Lipinski definition) is 1. The van der Waals surface area contributed by atoms with Crippen molar-refractivity contribution in [2.24, 2.45) is 50.2 Å². The van der Waals surface area contributed by atoms with Gasteiger partial charge in [-0.3, -0.25) is 4.79 Å². The summed E-state index contributed by atoms with van der Waals surface area (Å²) in [5, 5.41) is 3.47. The van der Waals surface area contributed by atoms with Crippen LogP contribution in [0.4, 0.5) is 0 Å². The van der Waals surface area contributed by atoms with Gasteiger partial charge in [0.1, 0.15) is 6.10 Å². The van der Waals surface area contributed by atoms with Crippen molar-refractivity contribution in [3.63, 3.8) is 0 Å². The number of amides is 1. The number of quaternary nitrogens is 1. The van der Waals surface area contributed by atoms with E-state index in [0.29, 0.717) is 17.7 Å². The van der Waals surface area contributed by atoms with Crippen molar-refractivity contribution in [2.45, 2.75) is 125 Å². The number of fused-ring (bicyclic) bond motifs is 7. The number of carbonyl (C=O) groups is 3. The van der Waals surface area contributed by atoms with Gasteiger partial charge in [-0.15, -0.1) is 0 Å². The van der Waals surface area contributed by atoms with Crippen LogP contribution in [-0.4, -0.2) is 69.8 Å². The number of nitrogens with zero attached hydrogens (tertiary/aromatic N) is 1. The molecule has 288 valence electrons. The molecule has 7 nitrogen and oxygen atoms in total. The van der Waals surface area contributed by atoms with Gasteiger partial charge in [0.15, 0.2) is 0 Å². The van der Waals surface area contributed by atoms with Crippen LogP contribution < -0.4 is 5.32 Å². The molecule has 6 rings (SSSR count). The van der Waals surface area contributed by atoms with E-state index < -0.39 is 11.9 Å². The number of ether oxygens (including phenoxy) is 2. The second-order valence-electron chi connectivity index (χ2n) is 20.8. The van der Waals surface area contributed by atoms with Crippen LogP contribution >= 0.6 is 0 Å². The van der Waals surface area contributed by atoms with Crippen LogP contribution in [0.2, 0.25) is 0 Å². The van der Waals surface area contributed by atoms with Crippen molar-refractivity contribution in [1.82, 2.24) is 5.32 Å². The molecule has 1 aromatic carbocycles. The van der Waals surface area contributed by atoms with Gasteiger partial charge in [0.05, 0.1) is 51.3 Å². The average molecular weight is 718 g/mol. The van der Waals surface area contributed by atoms with Crippen molar-refractivity contribution in [3.8, 4) is 0 Å². The summed E-state index contributed by atoms with van der Waals surface area (Å²) in [6.45, 7) is 19.0. The molecule has 0 spiro atoms. The van der Waals surface area contributed by atoms with Crippen LogP contribution in [0.1, 0.15) is 140 Å². The van der Waals surface area contributed by atoms with Gasteiger partial charge in [0.2, 0.25) is 5.91 Å². The Morgan fingerprint density at radius 2 is 1.48 bits per heavy atom. The summed E-state index contributed by atoms with van der Waals surface area (Å²) >= 11 is 0. The molecule has 7 heteroatoms. The average Bonchev–Trinajstić information content (AvgIpc) is 3.07. The predicted molar refractivity (Wildman–Crippen MR) is 207 cm³/mol. The zero-order valence-electron chi connectivity index (χ0n) is 34.4. The molecule has 0 unspecified atom stereocenters. The molecule has 0 radical (unpaired) electrons. The van der Waals surface area contributed by atoms with Crippen LogP contribution in [0.25, 0.3) is 0 Å². The maximum absolute atomic E-state index is 14.4. The van der Waals surface area contributed by atoms with Gasteiger partial charge in [0.25, 0.3) is 0 Å². The number of benzene rings is 1. The SMILES string of the molecule is COC(=O)c1ccccc1C(=O)O[C@H]1CC[C@]2(C)[C@H]3CC=C4[C@@H]5CC(C)(C)CC[C@]5(C(=O)NCCC[N+](C)(C)C)CC[C@@]4(C)[C@]3(C)CC[C@H]2C1(C)C. The van der Waals surface area contributed by atoms with Crippen LogP contribution in [0.3, 0.4) is 0 Å². The normalized spacial score (nSPS) is 37.6. The van der Waals surface area contributed by atoms with E-state index in [1.165, 1.54) is 7.11 Å². The number of hydrogen-bond acceptors (Lipinski definition) is 5. The molecule has 5 aliphatic carbocycles. The Hall–Kier alpha value is -2.67. The van der Waals surface area contributed by atoms with Crippen LogP contribution in [0.15, 0.2) is 35.9 Å². The first-order chi connectivity index (χ1) is 24.2. The third-order valence-corrected chi connectivity index (χ3v) is 16.1. The summed E-state index contributed by atoms with van der Waals surface area (Å²) < 4.78 is 12.2. The highest BCUT2D eigenvalue weighted by Crippen LogP contribution is 2.76. The van der Waals surface area contributed by atoms with E-state index in [-0.39, 0.29) is 55.6 Å². The van der Waals surface area contributed by atoms with Crippen molar-refractivity contribution in [2.75, 3.05) is 41.3 Å². The number of methoxy groups -OCH3 is 1. The van der Waals surface area contributed by atoms with Gasteiger partial charge >= 0.3 is 11.9 Å². The zero-order valence-corrected chi connectivity index (χ0v) is 34.4. The molecule has 0 heterocycles. The fourth-order valence-electron chi connectivity index (χ4n) is 12.9. The number of esters is 2. The summed E-state index contributed by atoms with van der Waals surface area (Å²) in [5.74, 6) is 0.533. The molecule has 1 aromatic rings. The Bertz CT molecular complexity index is 1600. The minimum Gasteiger partial charge on any atom is -0.465 e. The second kappa shape index (κ2) is 13.3. The van der Waals surface area contributed by atoms with Crippen molar-refractivity contribution >= 4 is 17.8 Å². The molecule has 0 saturated heterocycles. The van der Waals surface area contributed by atoms with E-state index in [9.17, 15) is 14.4 Å². The Balaban J connectivity index is 1.26. The molecule has 8 atom stereocenters. The maximum Gasteiger partial charge on any atom is 0.339 e. The number of carbonyl (C=O) groups excluding carboxylic acids is 3. The third-order valence-electron chi connectivity index (χ3n) is 16.1. The Labute approximate surface area is 314 Å². The quantitative estimate of drug-likeness (QED) is 0.126. The summed E-state index contributed by atoms with van der Waals surface area (Å²) in [6, 6.07) is 6.80. The van der Waals surface area contributed by atoms with Gasteiger partial charge in [-0.25, -0.2) is 9.59 Å². The van der Waals surface area contributed by atoms with E-state index in [0.717, 1.165) is 88.2 Å². The molecule has 4 fully saturated rings. The molecule has 5 aliphatic rings. The van der Waals surface area contributed by atoms with E-state index in [1.807, 2.05) is 0 Å². The standard InChI is InChI=1S/C45H68N2O5/c1-40(2)23-25-45(39(50)46-27-14-28-47(8,9)10)26-24-43(6)32(33(45)29-40)17-18-35-42(5)21-20-36(41(3,4)34(42)19-22-44(35,43)7)52-38(49)31-16-13-12-15-30(31)37(48)51-11/h12-13,15-17,33-36H,14,18-29H2,1-11H3/p+1/t33-,34-,35+,36-,42-,43+,44+,45-/m0/s1. The largest absolute Gasteiger partial charge is 0.465 e. The Morgan fingerprint density at radius 1 is 0.827 bits per heavy atom. The summed E-state index contributed by atoms with van der Waals surface area (Å²) in [4.78, 5) is 40.5. The van der Waals surface area contributed by atoms with Gasteiger partial charge in [-0.1, -0.05) is 72.2 Å². The van der Waals surface area contributed by atoms with Crippen molar-refractivity contribution in [3.05, 3.63) is 47.0 Å². The lowest BCUT2D eigenvalue weighted by molar-refractivity contribution is -0.870. The lowest BCUT2D eigenvalue weighted by Gasteiger charge is -2.71. The topological polar surface area (TPSA) is 81.7 Å². The summed E-state index contributed by atoms with van der Waals surface area (Å²) in [7, 11) is 7.99. The lowest BCUT2D eigenvalue weighted by atomic mass is 9.33. The van der Waals surface area contributed by atoms with Gasteiger partial charge in [-0.2, -0.15) is 0 Å². The number of rotatable bonds is 8. The van der Waals surface area contributed by atoms with Crippen LogP contribution in [-0.2, 0) is 14.3 Å².